The lowest BCUT2D eigenvalue weighted by molar-refractivity contribution is -0.162. The van der Waals surface area contributed by atoms with E-state index in [0.717, 1.165) is 25.9 Å². The van der Waals surface area contributed by atoms with Crippen LogP contribution in [0.3, 0.4) is 0 Å². The Morgan fingerprint density at radius 2 is 2.36 bits per heavy atom. The van der Waals surface area contributed by atoms with Gasteiger partial charge in [0, 0.05) is 6.54 Å². The fourth-order valence-electron chi connectivity index (χ4n) is 1.45. The Kier molecular flexibility index (Phi) is 3.89. The number of aliphatic carboxylic acids is 1. The van der Waals surface area contributed by atoms with Gasteiger partial charge in [0.2, 0.25) is 0 Å². The van der Waals surface area contributed by atoms with Gasteiger partial charge in [0.05, 0.1) is 6.61 Å². The molecule has 1 heterocycles. The standard InChI is InChI=1S/C10H19NO3/c1-10(2,9(12)13)14-7-8-4-3-5-11-6-8/h8,11H,3-7H2,1-2H3,(H,12,13). The van der Waals surface area contributed by atoms with Gasteiger partial charge >= 0.3 is 5.97 Å². The van der Waals surface area contributed by atoms with Crippen molar-refractivity contribution in [3.05, 3.63) is 0 Å². The third-order valence-corrected chi connectivity index (χ3v) is 2.59. The second-order valence-electron chi connectivity index (χ2n) is 4.34. The van der Waals surface area contributed by atoms with E-state index in [2.05, 4.69) is 5.32 Å². The quantitative estimate of drug-likeness (QED) is 0.708. The highest BCUT2D eigenvalue weighted by molar-refractivity contribution is 5.76. The van der Waals surface area contributed by atoms with Gasteiger partial charge in [0.15, 0.2) is 5.60 Å². The molecule has 0 aromatic carbocycles. The van der Waals surface area contributed by atoms with E-state index >= 15 is 0 Å². The number of hydrogen-bond donors (Lipinski definition) is 2. The lowest BCUT2D eigenvalue weighted by Gasteiger charge is -2.27. The summed E-state index contributed by atoms with van der Waals surface area (Å²) in [6.45, 7) is 5.72. The van der Waals surface area contributed by atoms with Crippen LogP contribution in [-0.4, -0.2) is 36.4 Å². The predicted molar refractivity (Wildman–Crippen MR) is 53.3 cm³/mol. The number of carbonyl (C=O) groups is 1. The topological polar surface area (TPSA) is 58.6 Å². The van der Waals surface area contributed by atoms with Crippen molar-refractivity contribution in [3.8, 4) is 0 Å². The summed E-state index contributed by atoms with van der Waals surface area (Å²) < 4.78 is 5.39. The number of piperidine rings is 1. The van der Waals surface area contributed by atoms with Crippen LogP contribution in [0.5, 0.6) is 0 Å². The summed E-state index contributed by atoms with van der Waals surface area (Å²) in [4.78, 5) is 10.8. The molecule has 1 rings (SSSR count). The second-order valence-corrected chi connectivity index (χ2v) is 4.34. The summed E-state index contributed by atoms with van der Waals surface area (Å²) in [7, 11) is 0. The van der Waals surface area contributed by atoms with Gasteiger partial charge in [-0.15, -0.1) is 0 Å². The molecule has 0 saturated carbocycles. The first kappa shape index (κ1) is 11.5. The van der Waals surface area contributed by atoms with Crippen molar-refractivity contribution in [1.82, 2.24) is 5.32 Å². The molecule has 0 amide bonds. The molecule has 1 saturated heterocycles. The first-order valence-electron chi connectivity index (χ1n) is 5.10. The maximum atomic E-state index is 10.8. The van der Waals surface area contributed by atoms with Crippen LogP contribution >= 0.6 is 0 Å². The van der Waals surface area contributed by atoms with Gasteiger partial charge in [-0.05, 0) is 39.2 Å². The molecule has 82 valence electrons. The molecule has 14 heavy (non-hydrogen) atoms. The van der Waals surface area contributed by atoms with Gasteiger partial charge in [0.25, 0.3) is 0 Å². The molecule has 0 aliphatic carbocycles. The van der Waals surface area contributed by atoms with E-state index in [1.807, 2.05) is 0 Å². The Balaban J connectivity index is 2.28. The first-order chi connectivity index (χ1) is 6.52. The molecule has 1 fully saturated rings. The molecule has 1 aliphatic heterocycles. The van der Waals surface area contributed by atoms with Crippen LogP contribution in [-0.2, 0) is 9.53 Å². The van der Waals surface area contributed by atoms with E-state index < -0.39 is 11.6 Å². The van der Waals surface area contributed by atoms with E-state index in [4.69, 9.17) is 9.84 Å². The highest BCUT2D eigenvalue weighted by Gasteiger charge is 2.29. The normalized spacial score (nSPS) is 23.4. The van der Waals surface area contributed by atoms with Crippen LogP contribution in [0.2, 0.25) is 0 Å². The van der Waals surface area contributed by atoms with Crippen LogP contribution in [0.15, 0.2) is 0 Å². The van der Waals surface area contributed by atoms with Crippen LogP contribution in [0.1, 0.15) is 26.7 Å². The zero-order chi connectivity index (χ0) is 10.6. The Labute approximate surface area is 84.6 Å². The minimum Gasteiger partial charge on any atom is -0.479 e. The van der Waals surface area contributed by atoms with E-state index in [-0.39, 0.29) is 0 Å². The number of nitrogens with one attached hydrogen (secondary N) is 1. The Morgan fingerprint density at radius 1 is 1.64 bits per heavy atom. The minimum atomic E-state index is -1.06. The Hall–Kier alpha value is -0.610. The van der Waals surface area contributed by atoms with Gasteiger partial charge < -0.3 is 15.2 Å². The highest BCUT2D eigenvalue weighted by Crippen LogP contribution is 2.15. The summed E-state index contributed by atoms with van der Waals surface area (Å²) in [6.07, 6.45) is 2.28. The van der Waals surface area contributed by atoms with Gasteiger partial charge in [0.1, 0.15) is 0 Å². The zero-order valence-electron chi connectivity index (χ0n) is 8.88. The minimum absolute atomic E-state index is 0.461. The molecule has 0 spiro atoms. The van der Waals surface area contributed by atoms with Gasteiger partial charge in [-0.25, -0.2) is 4.79 Å². The lowest BCUT2D eigenvalue weighted by Crippen LogP contribution is -2.39. The lowest BCUT2D eigenvalue weighted by atomic mass is 10.0. The molecular formula is C10H19NO3. The number of carboxylic acid groups (broad SMARTS) is 1. The van der Waals surface area contributed by atoms with Crippen LogP contribution < -0.4 is 5.32 Å². The molecule has 4 nitrogen and oxygen atoms in total. The summed E-state index contributed by atoms with van der Waals surface area (Å²) in [5, 5.41) is 12.1. The molecule has 2 N–H and O–H groups in total. The highest BCUT2D eigenvalue weighted by atomic mass is 16.5. The monoisotopic (exact) mass is 201 g/mol. The van der Waals surface area contributed by atoms with Crippen molar-refractivity contribution in [2.75, 3.05) is 19.7 Å². The molecule has 1 aliphatic rings. The average molecular weight is 201 g/mol. The molecule has 0 aromatic rings. The van der Waals surface area contributed by atoms with Crippen molar-refractivity contribution >= 4 is 5.97 Å². The maximum Gasteiger partial charge on any atom is 0.335 e. The van der Waals surface area contributed by atoms with E-state index in [1.165, 1.54) is 0 Å². The Morgan fingerprint density at radius 3 is 2.86 bits per heavy atom. The van der Waals surface area contributed by atoms with Gasteiger partial charge in [-0.1, -0.05) is 0 Å². The molecule has 1 atom stereocenters. The van der Waals surface area contributed by atoms with Crippen molar-refractivity contribution < 1.29 is 14.6 Å². The zero-order valence-corrected chi connectivity index (χ0v) is 8.88. The predicted octanol–water partition coefficient (Wildman–Crippen LogP) is 0.866. The van der Waals surface area contributed by atoms with E-state index in [9.17, 15) is 4.79 Å². The summed E-state index contributed by atoms with van der Waals surface area (Å²) in [6, 6.07) is 0. The number of hydrogen-bond acceptors (Lipinski definition) is 3. The van der Waals surface area contributed by atoms with E-state index in [1.54, 1.807) is 13.8 Å². The number of carboxylic acids is 1. The fourth-order valence-corrected chi connectivity index (χ4v) is 1.45. The SMILES string of the molecule is CC(C)(OCC1CCCNC1)C(=O)O. The second kappa shape index (κ2) is 4.75. The van der Waals surface area contributed by atoms with Gasteiger partial charge in [-0.2, -0.15) is 0 Å². The summed E-state index contributed by atoms with van der Waals surface area (Å²) >= 11 is 0. The smallest absolute Gasteiger partial charge is 0.335 e. The van der Waals surface area contributed by atoms with Crippen molar-refractivity contribution in [2.24, 2.45) is 5.92 Å². The molecule has 0 radical (unpaired) electrons. The molecule has 1 unspecified atom stereocenters. The van der Waals surface area contributed by atoms with Crippen molar-refractivity contribution in [3.63, 3.8) is 0 Å². The summed E-state index contributed by atoms with van der Waals surface area (Å²) in [5.74, 6) is -0.441. The third kappa shape index (κ3) is 3.27. The van der Waals surface area contributed by atoms with Crippen molar-refractivity contribution in [1.29, 1.82) is 0 Å². The number of rotatable bonds is 4. The maximum absolute atomic E-state index is 10.8. The Bertz CT molecular complexity index is 198. The van der Waals surface area contributed by atoms with Crippen molar-refractivity contribution in [2.45, 2.75) is 32.3 Å². The molecular weight excluding hydrogens is 182 g/mol. The number of ether oxygens (including phenoxy) is 1. The first-order valence-corrected chi connectivity index (χ1v) is 5.10. The largest absolute Gasteiger partial charge is 0.479 e. The average Bonchev–Trinajstić information content (AvgIpc) is 2.16. The summed E-state index contributed by atoms with van der Waals surface area (Å²) in [5.41, 5.74) is -1.06. The molecule has 0 bridgehead atoms. The fraction of sp³-hybridized carbons (Fsp3) is 0.900. The molecule has 4 heteroatoms. The van der Waals surface area contributed by atoms with Crippen LogP contribution in [0, 0.1) is 5.92 Å². The van der Waals surface area contributed by atoms with Gasteiger partial charge in [-0.3, -0.25) is 0 Å². The molecule has 0 aromatic heterocycles. The van der Waals surface area contributed by atoms with Crippen LogP contribution in [0.25, 0.3) is 0 Å². The van der Waals surface area contributed by atoms with E-state index in [0.29, 0.717) is 12.5 Å². The third-order valence-electron chi connectivity index (χ3n) is 2.59. The van der Waals surface area contributed by atoms with Crippen LogP contribution in [0.4, 0.5) is 0 Å².